The molecule has 0 aromatic carbocycles. The molecule has 0 aliphatic carbocycles. The molecular formula is C12H28N2O2. The number of aliphatic hydroxyl groups excluding tert-OH is 1. The van der Waals surface area contributed by atoms with Crippen LogP contribution in [0.4, 0.5) is 0 Å². The minimum atomic E-state index is -0.388. The number of nitrogens with two attached hydrogens (primary N) is 1. The van der Waals surface area contributed by atoms with Gasteiger partial charge in [0.25, 0.3) is 0 Å². The predicted molar refractivity (Wildman–Crippen MR) is 67.5 cm³/mol. The normalized spacial score (nSPS) is 15.4. The van der Waals surface area contributed by atoms with Gasteiger partial charge in [-0.1, -0.05) is 6.92 Å². The van der Waals surface area contributed by atoms with Gasteiger partial charge >= 0.3 is 0 Å². The maximum Gasteiger partial charge on any atom is 0.0611 e. The number of likely N-dealkylation sites (N-methyl/N-ethyl adjacent to an activating group) is 1. The van der Waals surface area contributed by atoms with Crippen molar-refractivity contribution in [1.82, 2.24) is 4.90 Å². The van der Waals surface area contributed by atoms with E-state index in [2.05, 4.69) is 11.9 Å². The van der Waals surface area contributed by atoms with Crippen molar-refractivity contribution in [3.63, 3.8) is 0 Å². The fourth-order valence-corrected chi connectivity index (χ4v) is 1.55. The zero-order valence-electron chi connectivity index (χ0n) is 11.0. The molecule has 16 heavy (non-hydrogen) atoms. The van der Waals surface area contributed by atoms with Crippen LogP contribution in [0.25, 0.3) is 0 Å². The lowest BCUT2D eigenvalue weighted by atomic mass is 9.92. The van der Waals surface area contributed by atoms with Crippen molar-refractivity contribution in [3.8, 4) is 0 Å². The Bertz CT molecular complexity index is 161. The van der Waals surface area contributed by atoms with E-state index in [1.54, 1.807) is 0 Å². The summed E-state index contributed by atoms with van der Waals surface area (Å²) < 4.78 is 5.29. The van der Waals surface area contributed by atoms with Gasteiger partial charge in [-0.25, -0.2) is 0 Å². The molecule has 0 aliphatic heterocycles. The SMILES string of the molecule is CCOCCN(C)CCCC(N)(CC)CO. The van der Waals surface area contributed by atoms with Gasteiger partial charge in [-0.3, -0.25) is 0 Å². The van der Waals surface area contributed by atoms with Gasteiger partial charge in [-0.05, 0) is 39.8 Å². The summed E-state index contributed by atoms with van der Waals surface area (Å²) in [7, 11) is 2.09. The summed E-state index contributed by atoms with van der Waals surface area (Å²) in [6, 6.07) is 0. The van der Waals surface area contributed by atoms with Crippen molar-refractivity contribution < 1.29 is 9.84 Å². The Balaban J connectivity index is 3.56. The summed E-state index contributed by atoms with van der Waals surface area (Å²) >= 11 is 0. The summed E-state index contributed by atoms with van der Waals surface area (Å²) in [5, 5.41) is 9.17. The van der Waals surface area contributed by atoms with E-state index in [9.17, 15) is 0 Å². The first-order valence-corrected chi connectivity index (χ1v) is 6.24. The molecule has 0 fully saturated rings. The van der Waals surface area contributed by atoms with Crippen LogP contribution in [0.1, 0.15) is 33.1 Å². The van der Waals surface area contributed by atoms with E-state index in [1.807, 2.05) is 13.8 Å². The van der Waals surface area contributed by atoms with E-state index in [0.717, 1.165) is 45.6 Å². The first kappa shape index (κ1) is 15.8. The summed E-state index contributed by atoms with van der Waals surface area (Å²) in [5.74, 6) is 0. The Morgan fingerprint density at radius 3 is 2.50 bits per heavy atom. The molecule has 98 valence electrons. The molecule has 4 nitrogen and oxygen atoms in total. The third-order valence-electron chi connectivity index (χ3n) is 3.05. The van der Waals surface area contributed by atoms with E-state index in [4.69, 9.17) is 15.6 Å². The predicted octanol–water partition coefficient (Wildman–Crippen LogP) is 0.835. The molecule has 0 aromatic heterocycles. The third-order valence-corrected chi connectivity index (χ3v) is 3.05. The van der Waals surface area contributed by atoms with Gasteiger partial charge in [-0.15, -0.1) is 0 Å². The first-order valence-electron chi connectivity index (χ1n) is 6.24. The Hall–Kier alpha value is -0.160. The summed E-state index contributed by atoms with van der Waals surface area (Å²) in [5.41, 5.74) is 5.62. The zero-order chi connectivity index (χ0) is 12.4. The molecule has 0 amide bonds. The molecule has 0 rings (SSSR count). The van der Waals surface area contributed by atoms with Gasteiger partial charge in [0.05, 0.1) is 13.2 Å². The number of rotatable bonds is 10. The Kier molecular flexibility index (Phi) is 8.84. The van der Waals surface area contributed by atoms with E-state index in [1.165, 1.54) is 0 Å². The quantitative estimate of drug-likeness (QED) is 0.548. The van der Waals surface area contributed by atoms with Crippen LogP contribution < -0.4 is 5.73 Å². The van der Waals surface area contributed by atoms with Gasteiger partial charge in [-0.2, -0.15) is 0 Å². The maximum atomic E-state index is 9.17. The molecule has 0 heterocycles. The molecule has 0 aromatic rings. The van der Waals surface area contributed by atoms with E-state index < -0.39 is 0 Å². The van der Waals surface area contributed by atoms with Crippen LogP contribution in [0, 0.1) is 0 Å². The minimum Gasteiger partial charge on any atom is -0.394 e. The van der Waals surface area contributed by atoms with Gasteiger partial charge < -0.3 is 20.5 Å². The number of hydrogen-bond donors (Lipinski definition) is 2. The molecule has 0 spiro atoms. The summed E-state index contributed by atoms with van der Waals surface area (Å²) in [6.45, 7) is 7.63. The number of nitrogens with zero attached hydrogens (tertiary/aromatic N) is 1. The highest BCUT2D eigenvalue weighted by molar-refractivity contribution is 4.81. The largest absolute Gasteiger partial charge is 0.394 e. The molecule has 0 radical (unpaired) electrons. The van der Waals surface area contributed by atoms with Crippen LogP contribution in [-0.2, 0) is 4.74 Å². The van der Waals surface area contributed by atoms with Gasteiger partial charge in [0.15, 0.2) is 0 Å². The van der Waals surface area contributed by atoms with Crippen LogP contribution >= 0.6 is 0 Å². The average Bonchev–Trinajstić information content (AvgIpc) is 2.29. The molecule has 1 atom stereocenters. The first-order chi connectivity index (χ1) is 7.58. The lowest BCUT2D eigenvalue weighted by molar-refractivity contribution is 0.119. The molecular weight excluding hydrogens is 204 g/mol. The van der Waals surface area contributed by atoms with Crippen molar-refractivity contribution in [2.45, 2.75) is 38.6 Å². The molecule has 3 N–H and O–H groups in total. The maximum absolute atomic E-state index is 9.17. The van der Waals surface area contributed by atoms with Crippen LogP contribution in [0.5, 0.6) is 0 Å². The van der Waals surface area contributed by atoms with Crippen molar-refractivity contribution >= 4 is 0 Å². The minimum absolute atomic E-state index is 0.0756. The van der Waals surface area contributed by atoms with Crippen molar-refractivity contribution in [2.75, 3.05) is 40.0 Å². The van der Waals surface area contributed by atoms with E-state index >= 15 is 0 Å². The molecule has 4 heteroatoms. The van der Waals surface area contributed by atoms with E-state index in [0.29, 0.717) is 0 Å². The zero-order valence-corrected chi connectivity index (χ0v) is 11.0. The Labute approximate surface area is 99.8 Å². The van der Waals surface area contributed by atoms with Gasteiger partial charge in [0.1, 0.15) is 0 Å². The van der Waals surface area contributed by atoms with Crippen LogP contribution in [0.2, 0.25) is 0 Å². The highest BCUT2D eigenvalue weighted by atomic mass is 16.5. The summed E-state index contributed by atoms with van der Waals surface area (Å²) in [6.07, 6.45) is 2.72. The van der Waals surface area contributed by atoms with Gasteiger partial charge in [0.2, 0.25) is 0 Å². The lowest BCUT2D eigenvalue weighted by Crippen LogP contribution is -2.43. The number of ether oxygens (including phenoxy) is 1. The van der Waals surface area contributed by atoms with Crippen molar-refractivity contribution in [2.24, 2.45) is 5.73 Å². The molecule has 1 unspecified atom stereocenters. The Morgan fingerprint density at radius 2 is 2.00 bits per heavy atom. The summed E-state index contributed by atoms with van der Waals surface area (Å²) in [4.78, 5) is 2.24. The van der Waals surface area contributed by atoms with Crippen molar-refractivity contribution in [3.05, 3.63) is 0 Å². The number of aliphatic hydroxyl groups is 1. The Morgan fingerprint density at radius 1 is 1.31 bits per heavy atom. The second kappa shape index (κ2) is 8.93. The fraction of sp³-hybridized carbons (Fsp3) is 1.00. The van der Waals surface area contributed by atoms with E-state index in [-0.39, 0.29) is 12.1 Å². The molecule has 0 aliphatic rings. The molecule has 0 bridgehead atoms. The average molecular weight is 232 g/mol. The number of hydrogen-bond acceptors (Lipinski definition) is 4. The van der Waals surface area contributed by atoms with Gasteiger partial charge in [0, 0.05) is 18.7 Å². The van der Waals surface area contributed by atoms with Crippen LogP contribution in [0.3, 0.4) is 0 Å². The van der Waals surface area contributed by atoms with Crippen molar-refractivity contribution in [1.29, 1.82) is 0 Å². The second-order valence-electron chi connectivity index (χ2n) is 4.48. The molecule has 0 saturated carbocycles. The lowest BCUT2D eigenvalue weighted by Gasteiger charge is -2.26. The standard InChI is InChI=1S/C12H28N2O2/c1-4-12(13,11-15)7-6-8-14(3)9-10-16-5-2/h15H,4-11,13H2,1-3H3. The second-order valence-corrected chi connectivity index (χ2v) is 4.48. The smallest absolute Gasteiger partial charge is 0.0611 e. The highest BCUT2D eigenvalue weighted by Crippen LogP contribution is 2.13. The third kappa shape index (κ3) is 7.17. The topological polar surface area (TPSA) is 58.7 Å². The fourth-order valence-electron chi connectivity index (χ4n) is 1.55. The molecule has 0 saturated heterocycles. The highest BCUT2D eigenvalue weighted by Gasteiger charge is 2.20. The van der Waals surface area contributed by atoms with Crippen LogP contribution in [0.15, 0.2) is 0 Å². The van der Waals surface area contributed by atoms with Crippen LogP contribution in [-0.4, -0.2) is 55.5 Å². The monoisotopic (exact) mass is 232 g/mol.